The zero-order valence-electron chi connectivity index (χ0n) is 28.4. The molecule has 2 unspecified atom stereocenters. The Morgan fingerprint density at radius 3 is 1.09 bits per heavy atom. The Morgan fingerprint density at radius 1 is 0.605 bits per heavy atom. The minimum Gasteiger partial charge on any atom is -0.491 e. The van der Waals surface area contributed by atoms with Crippen molar-refractivity contribution in [2.24, 2.45) is 22.9 Å². The third kappa shape index (κ3) is 24.8. The Kier molecular flexibility index (Phi) is 32.7. The van der Waals surface area contributed by atoms with Gasteiger partial charge >= 0.3 is 0 Å². The van der Waals surface area contributed by atoms with Gasteiger partial charge < -0.3 is 53.3 Å². The second-order valence-corrected chi connectivity index (χ2v) is 10.0. The van der Waals surface area contributed by atoms with E-state index in [-0.39, 0.29) is 18.6 Å². The number of nitrogens with two attached hydrogens (primary N) is 4. The van der Waals surface area contributed by atoms with Gasteiger partial charge in [-0.15, -0.1) is 0 Å². The van der Waals surface area contributed by atoms with Gasteiger partial charge in [-0.1, -0.05) is 65.8 Å². The average Bonchev–Trinajstić information content (AvgIpc) is 2.99. The molecule has 2 atom stereocenters. The van der Waals surface area contributed by atoms with Crippen LogP contribution >= 0.6 is 0 Å². The largest absolute Gasteiger partial charge is 0.491 e. The quantitative estimate of drug-likeness (QED) is 0.158. The number of benzene rings is 2. The molecule has 0 saturated carbocycles. The second-order valence-electron chi connectivity index (χ2n) is 10.0. The second kappa shape index (κ2) is 31.2. The summed E-state index contributed by atoms with van der Waals surface area (Å²) in [5.74, 6) is 1.51. The van der Waals surface area contributed by atoms with Crippen LogP contribution in [0.3, 0.4) is 0 Å². The van der Waals surface area contributed by atoms with E-state index in [4.69, 9.17) is 32.4 Å². The predicted octanol–water partition coefficient (Wildman–Crippen LogP) is 2.57. The lowest BCUT2D eigenvalue weighted by Crippen LogP contribution is -2.23. The Bertz CT molecular complexity index is 752. The molecule has 43 heavy (non-hydrogen) atoms. The molecular weight excluding hydrogens is 544 g/mol. The maximum Gasteiger partial charge on any atom is 0.119 e. The van der Waals surface area contributed by atoms with Crippen LogP contribution in [0.25, 0.3) is 0 Å². The third-order valence-electron chi connectivity index (χ3n) is 5.49. The molecule has 10 heteroatoms. The summed E-state index contributed by atoms with van der Waals surface area (Å²) in [7, 11) is 3.73. The van der Waals surface area contributed by atoms with E-state index >= 15 is 0 Å². The van der Waals surface area contributed by atoms with Crippen LogP contribution in [-0.2, 0) is 5.41 Å². The minimum absolute atomic E-state index is 0.185. The van der Waals surface area contributed by atoms with Gasteiger partial charge in [0.1, 0.15) is 24.7 Å². The molecule has 0 fully saturated rings. The van der Waals surface area contributed by atoms with Crippen molar-refractivity contribution in [3.05, 3.63) is 59.7 Å². The number of hydrogen-bond donors (Lipinski definition) is 8. The van der Waals surface area contributed by atoms with Gasteiger partial charge in [-0.2, -0.15) is 0 Å². The van der Waals surface area contributed by atoms with Gasteiger partial charge in [-0.3, -0.25) is 0 Å². The molecule has 0 heterocycles. The fourth-order valence-corrected chi connectivity index (χ4v) is 3.28. The monoisotopic (exact) mass is 611 g/mol. The first-order valence-corrected chi connectivity index (χ1v) is 15.4. The molecule has 0 bridgehead atoms. The first kappa shape index (κ1) is 45.2. The first-order chi connectivity index (χ1) is 20.5. The lowest BCUT2D eigenvalue weighted by Gasteiger charge is -2.26. The van der Waals surface area contributed by atoms with Crippen molar-refractivity contribution in [2.75, 3.05) is 66.6 Å². The summed E-state index contributed by atoms with van der Waals surface area (Å²) in [5.41, 5.74) is 21.5. The molecule has 0 aliphatic carbocycles. The van der Waals surface area contributed by atoms with Crippen molar-refractivity contribution in [3.8, 4) is 11.5 Å². The van der Waals surface area contributed by atoms with Crippen LogP contribution in [0.1, 0.15) is 65.5 Å². The number of ether oxygens (including phenoxy) is 2. The van der Waals surface area contributed by atoms with Gasteiger partial charge in [0, 0.05) is 5.41 Å². The summed E-state index contributed by atoms with van der Waals surface area (Å²) >= 11 is 0. The zero-order valence-corrected chi connectivity index (χ0v) is 28.4. The van der Waals surface area contributed by atoms with Crippen LogP contribution in [-0.4, -0.2) is 89.0 Å². The van der Waals surface area contributed by atoms with Crippen LogP contribution in [0.2, 0.25) is 0 Å². The van der Waals surface area contributed by atoms with Crippen LogP contribution < -0.4 is 43.0 Å². The number of hydrogen-bond acceptors (Lipinski definition) is 10. The number of aliphatic hydroxyl groups is 2. The highest BCUT2D eigenvalue weighted by Gasteiger charge is 2.23. The molecule has 0 amide bonds. The van der Waals surface area contributed by atoms with Gasteiger partial charge in [0.2, 0.25) is 0 Å². The molecular formula is C33H66N6O4. The Hall–Kier alpha value is -2.28. The van der Waals surface area contributed by atoms with Gasteiger partial charge in [0.25, 0.3) is 0 Å². The minimum atomic E-state index is -0.478. The zero-order chi connectivity index (χ0) is 33.5. The summed E-state index contributed by atoms with van der Waals surface area (Å²) < 4.78 is 11.4. The molecule has 0 radical (unpaired) electrons. The highest BCUT2D eigenvalue weighted by molar-refractivity contribution is 5.41. The number of rotatable bonds is 14. The lowest BCUT2D eigenvalue weighted by atomic mass is 9.78. The molecule has 10 nitrogen and oxygen atoms in total. The predicted molar refractivity (Wildman–Crippen MR) is 184 cm³/mol. The third-order valence-corrected chi connectivity index (χ3v) is 5.49. The van der Waals surface area contributed by atoms with Crippen LogP contribution in [0.4, 0.5) is 0 Å². The topological polar surface area (TPSA) is 187 Å². The number of nitrogens with one attached hydrogen (secondary N) is 2. The Labute approximate surface area is 262 Å². The standard InChI is InChI=1S/C25H38N2O4.4C2H7N/c1-25(2,19-5-9-23(10-6-19)30-17-21(28)13-15-26-3)20-7-11-24(12-8-20)31-18-22(29)14-16-27-4;4*1-2-3/h5-12,21-22,26-29H,13-18H2,1-4H3;4*2-3H2,1H3. The highest BCUT2D eigenvalue weighted by Crippen LogP contribution is 2.33. The molecule has 0 aliphatic heterocycles. The van der Waals surface area contributed by atoms with Crippen molar-refractivity contribution in [1.82, 2.24) is 10.6 Å². The van der Waals surface area contributed by atoms with E-state index in [1.165, 1.54) is 11.1 Å². The average molecular weight is 611 g/mol. The van der Waals surface area contributed by atoms with E-state index in [2.05, 4.69) is 48.7 Å². The maximum atomic E-state index is 9.91. The Morgan fingerprint density at radius 2 is 0.860 bits per heavy atom. The van der Waals surface area contributed by atoms with Crippen molar-refractivity contribution < 1.29 is 19.7 Å². The number of aliphatic hydroxyl groups excluding tert-OH is 2. The SMILES string of the molecule is CCN.CCN.CCN.CCN.CNCCC(O)COc1ccc(C(C)(C)c2ccc(OCC(O)CCNC)cc2)cc1. The van der Waals surface area contributed by atoms with Gasteiger partial charge in [-0.25, -0.2) is 0 Å². The molecule has 0 saturated heterocycles. The van der Waals surface area contributed by atoms with E-state index < -0.39 is 12.2 Å². The fourth-order valence-electron chi connectivity index (χ4n) is 3.28. The van der Waals surface area contributed by atoms with Crippen molar-refractivity contribution in [1.29, 1.82) is 0 Å². The van der Waals surface area contributed by atoms with Gasteiger partial charge in [-0.05, 0) is 102 Å². The molecule has 2 aromatic carbocycles. The van der Waals surface area contributed by atoms with Gasteiger partial charge in [0.15, 0.2) is 0 Å². The van der Waals surface area contributed by atoms with E-state index in [1.54, 1.807) is 0 Å². The summed E-state index contributed by atoms with van der Waals surface area (Å²) in [6.45, 7) is 17.1. The van der Waals surface area contributed by atoms with E-state index in [0.717, 1.165) is 50.8 Å². The lowest BCUT2D eigenvalue weighted by molar-refractivity contribution is 0.100. The normalized spacial score (nSPS) is 11.5. The van der Waals surface area contributed by atoms with Crippen molar-refractivity contribution in [2.45, 2.75) is 72.0 Å². The van der Waals surface area contributed by atoms with E-state index in [9.17, 15) is 10.2 Å². The van der Waals surface area contributed by atoms with Crippen LogP contribution in [0.5, 0.6) is 11.5 Å². The van der Waals surface area contributed by atoms with E-state index in [1.807, 2.05) is 66.1 Å². The highest BCUT2D eigenvalue weighted by atomic mass is 16.5. The van der Waals surface area contributed by atoms with Crippen molar-refractivity contribution in [3.63, 3.8) is 0 Å². The molecule has 12 N–H and O–H groups in total. The fraction of sp³-hybridized carbons (Fsp3) is 0.636. The molecule has 0 aromatic heterocycles. The molecule has 2 aromatic rings. The summed E-state index contributed by atoms with van der Waals surface area (Å²) in [6, 6.07) is 16.1. The molecule has 252 valence electrons. The first-order valence-electron chi connectivity index (χ1n) is 15.4. The molecule has 0 spiro atoms. The van der Waals surface area contributed by atoms with Crippen LogP contribution in [0.15, 0.2) is 48.5 Å². The van der Waals surface area contributed by atoms with E-state index in [0.29, 0.717) is 12.8 Å². The summed E-state index contributed by atoms with van der Waals surface area (Å²) in [4.78, 5) is 0. The smallest absolute Gasteiger partial charge is 0.119 e. The molecule has 0 aliphatic rings. The summed E-state index contributed by atoms with van der Waals surface area (Å²) in [5, 5.41) is 25.9. The maximum absolute atomic E-state index is 9.91. The summed E-state index contributed by atoms with van der Waals surface area (Å²) in [6.07, 6.45) is 0.370. The Balaban J connectivity index is -0.00000115. The van der Waals surface area contributed by atoms with Crippen LogP contribution in [0, 0.1) is 0 Å². The molecule has 2 rings (SSSR count). The van der Waals surface area contributed by atoms with Crippen molar-refractivity contribution >= 4 is 0 Å². The van der Waals surface area contributed by atoms with Gasteiger partial charge in [0.05, 0.1) is 12.2 Å².